The van der Waals surface area contributed by atoms with Gasteiger partial charge in [-0.1, -0.05) is 13.8 Å². The van der Waals surface area contributed by atoms with E-state index in [-0.39, 0.29) is 17.4 Å². The summed E-state index contributed by atoms with van der Waals surface area (Å²) in [6.07, 6.45) is 0.408. The van der Waals surface area contributed by atoms with Gasteiger partial charge in [-0.2, -0.15) is 0 Å². The Balaban J connectivity index is 3.20. The number of hydrogen-bond donors (Lipinski definition) is 4. The summed E-state index contributed by atoms with van der Waals surface area (Å²) in [7, 11) is 0. The molecule has 0 aromatic heterocycles. The van der Waals surface area contributed by atoms with E-state index in [2.05, 4.69) is 0 Å². The second kappa shape index (κ2) is 7.13. The number of phenols is 2. The average molecular weight is 310 g/mol. The molecule has 0 unspecified atom stereocenters. The number of carboxylic acid groups (broad SMARTS) is 1. The van der Waals surface area contributed by atoms with Gasteiger partial charge in [-0.15, -0.1) is 0 Å². The summed E-state index contributed by atoms with van der Waals surface area (Å²) >= 11 is 0. The van der Waals surface area contributed by atoms with Gasteiger partial charge in [0.05, 0.1) is 6.04 Å². The fourth-order valence-electron chi connectivity index (χ4n) is 2.10. The highest BCUT2D eigenvalue weighted by Gasteiger charge is 2.31. The Labute approximate surface area is 129 Å². The number of carbonyl (C=O) groups is 2. The quantitative estimate of drug-likeness (QED) is 0.587. The van der Waals surface area contributed by atoms with Gasteiger partial charge in [0.25, 0.3) is 0 Å². The van der Waals surface area contributed by atoms with Crippen LogP contribution in [0.5, 0.6) is 11.5 Å². The third-order valence-electron chi connectivity index (χ3n) is 3.26. The average Bonchev–Trinajstić information content (AvgIpc) is 2.41. The van der Waals surface area contributed by atoms with Crippen molar-refractivity contribution in [3.8, 4) is 11.5 Å². The molecular weight excluding hydrogens is 288 g/mol. The molecule has 1 aromatic rings. The van der Waals surface area contributed by atoms with Crippen LogP contribution >= 0.6 is 0 Å². The molecule has 122 valence electrons. The lowest BCUT2D eigenvalue weighted by Gasteiger charge is -2.29. The SMILES string of the molecule is CC(C)C[C@H](N)C(=O)N(c1ccc(O)c(O)c1)[C@@H](C)C(=O)O. The Hall–Kier alpha value is -2.28. The first-order chi connectivity index (χ1) is 10.1. The molecule has 7 nitrogen and oxygen atoms in total. The van der Waals surface area contributed by atoms with Gasteiger partial charge in [-0.05, 0) is 31.4 Å². The number of aromatic hydroxyl groups is 2. The van der Waals surface area contributed by atoms with Gasteiger partial charge in [-0.25, -0.2) is 4.79 Å². The monoisotopic (exact) mass is 310 g/mol. The van der Waals surface area contributed by atoms with Crippen LogP contribution in [0.2, 0.25) is 0 Å². The van der Waals surface area contributed by atoms with Crippen molar-refractivity contribution in [3.05, 3.63) is 18.2 Å². The predicted octanol–water partition coefficient (Wildman–Crippen LogP) is 1.28. The molecule has 1 amide bonds. The van der Waals surface area contributed by atoms with Crippen molar-refractivity contribution < 1.29 is 24.9 Å². The van der Waals surface area contributed by atoms with Gasteiger partial charge in [0.1, 0.15) is 6.04 Å². The molecule has 1 aromatic carbocycles. The number of phenolic OH excluding ortho intramolecular Hbond substituents is 2. The highest BCUT2D eigenvalue weighted by Crippen LogP contribution is 2.31. The van der Waals surface area contributed by atoms with Crippen molar-refractivity contribution in [1.82, 2.24) is 0 Å². The van der Waals surface area contributed by atoms with Crippen LogP contribution in [0.1, 0.15) is 27.2 Å². The summed E-state index contributed by atoms with van der Waals surface area (Å²) in [5.41, 5.74) is 6.03. The zero-order valence-corrected chi connectivity index (χ0v) is 12.9. The summed E-state index contributed by atoms with van der Waals surface area (Å²) < 4.78 is 0. The summed E-state index contributed by atoms with van der Waals surface area (Å²) in [5.74, 6) is -2.36. The molecule has 0 radical (unpaired) electrons. The molecule has 0 aliphatic heterocycles. The standard InChI is InChI=1S/C15H22N2O5/c1-8(2)6-11(16)14(20)17(9(3)15(21)22)10-4-5-12(18)13(19)7-10/h4-5,7-9,11,18-19H,6,16H2,1-3H3,(H,21,22)/t9-,11-/m0/s1. The minimum absolute atomic E-state index is 0.161. The summed E-state index contributed by atoms with van der Waals surface area (Å²) in [4.78, 5) is 24.8. The zero-order chi connectivity index (χ0) is 17.0. The number of rotatable bonds is 6. The fraction of sp³-hybridized carbons (Fsp3) is 0.467. The second-order valence-electron chi connectivity index (χ2n) is 5.63. The Morgan fingerprint density at radius 1 is 1.18 bits per heavy atom. The summed E-state index contributed by atoms with van der Waals surface area (Å²) in [5, 5.41) is 28.1. The maximum atomic E-state index is 12.5. The van der Waals surface area contributed by atoms with E-state index in [0.29, 0.717) is 6.42 Å². The topological polar surface area (TPSA) is 124 Å². The first-order valence-corrected chi connectivity index (χ1v) is 6.98. The van der Waals surface area contributed by atoms with E-state index in [9.17, 15) is 24.9 Å². The van der Waals surface area contributed by atoms with Crippen LogP contribution in [-0.2, 0) is 9.59 Å². The maximum Gasteiger partial charge on any atom is 0.326 e. The lowest BCUT2D eigenvalue weighted by Crippen LogP contribution is -2.51. The first-order valence-electron chi connectivity index (χ1n) is 6.98. The summed E-state index contributed by atoms with van der Waals surface area (Å²) in [6, 6.07) is 1.67. The van der Waals surface area contributed by atoms with Gasteiger partial charge >= 0.3 is 5.97 Å². The van der Waals surface area contributed by atoms with Crippen molar-refractivity contribution in [2.24, 2.45) is 11.7 Å². The van der Waals surface area contributed by atoms with Gasteiger partial charge in [0, 0.05) is 11.8 Å². The molecule has 0 fully saturated rings. The van der Waals surface area contributed by atoms with E-state index in [4.69, 9.17) is 5.73 Å². The number of hydrogen-bond acceptors (Lipinski definition) is 5. The van der Waals surface area contributed by atoms with E-state index < -0.39 is 29.7 Å². The van der Waals surface area contributed by atoms with E-state index >= 15 is 0 Å². The number of aliphatic carboxylic acids is 1. The van der Waals surface area contributed by atoms with E-state index in [1.165, 1.54) is 19.1 Å². The molecule has 5 N–H and O–H groups in total. The maximum absolute atomic E-state index is 12.5. The largest absolute Gasteiger partial charge is 0.504 e. The number of carboxylic acids is 1. The van der Waals surface area contributed by atoms with Crippen LogP contribution in [0, 0.1) is 5.92 Å². The van der Waals surface area contributed by atoms with Crippen LogP contribution in [0.25, 0.3) is 0 Å². The molecule has 0 bridgehead atoms. The molecule has 2 atom stereocenters. The van der Waals surface area contributed by atoms with E-state index in [1.54, 1.807) is 0 Å². The van der Waals surface area contributed by atoms with Gasteiger partial charge in [0.2, 0.25) is 5.91 Å². The highest BCUT2D eigenvalue weighted by molar-refractivity contribution is 6.01. The lowest BCUT2D eigenvalue weighted by molar-refractivity contribution is -0.139. The minimum Gasteiger partial charge on any atom is -0.504 e. The van der Waals surface area contributed by atoms with Crippen LogP contribution < -0.4 is 10.6 Å². The van der Waals surface area contributed by atoms with Crippen LogP contribution in [0.4, 0.5) is 5.69 Å². The van der Waals surface area contributed by atoms with Crippen LogP contribution in [0.3, 0.4) is 0 Å². The van der Waals surface area contributed by atoms with Crippen LogP contribution in [0.15, 0.2) is 18.2 Å². The van der Waals surface area contributed by atoms with Gasteiger partial charge in [0.15, 0.2) is 11.5 Å². The number of amides is 1. The Kier molecular flexibility index (Phi) is 5.76. The lowest BCUT2D eigenvalue weighted by atomic mass is 10.0. The smallest absolute Gasteiger partial charge is 0.326 e. The Bertz CT molecular complexity index is 559. The third kappa shape index (κ3) is 4.11. The number of nitrogens with two attached hydrogens (primary N) is 1. The van der Waals surface area contributed by atoms with E-state index in [1.807, 2.05) is 13.8 Å². The molecule has 22 heavy (non-hydrogen) atoms. The van der Waals surface area contributed by atoms with E-state index in [0.717, 1.165) is 11.0 Å². The van der Waals surface area contributed by atoms with Crippen molar-refractivity contribution >= 4 is 17.6 Å². The van der Waals surface area contributed by atoms with Crippen molar-refractivity contribution in [2.75, 3.05) is 4.90 Å². The molecule has 0 spiro atoms. The number of carbonyl (C=O) groups excluding carboxylic acids is 1. The number of nitrogens with zero attached hydrogens (tertiary/aromatic N) is 1. The molecule has 0 heterocycles. The number of anilines is 1. The zero-order valence-electron chi connectivity index (χ0n) is 12.9. The molecule has 7 heteroatoms. The predicted molar refractivity (Wildman–Crippen MR) is 81.8 cm³/mol. The van der Waals surface area contributed by atoms with Crippen molar-refractivity contribution in [1.29, 1.82) is 0 Å². The fourth-order valence-corrected chi connectivity index (χ4v) is 2.10. The van der Waals surface area contributed by atoms with Crippen molar-refractivity contribution in [3.63, 3.8) is 0 Å². The molecular formula is C15H22N2O5. The summed E-state index contributed by atoms with van der Waals surface area (Å²) in [6.45, 7) is 5.17. The van der Waals surface area contributed by atoms with Gasteiger partial charge in [-0.3, -0.25) is 9.69 Å². The first kappa shape index (κ1) is 17.8. The molecule has 0 saturated carbocycles. The molecule has 0 aliphatic rings. The Morgan fingerprint density at radius 3 is 2.23 bits per heavy atom. The third-order valence-corrected chi connectivity index (χ3v) is 3.26. The molecule has 1 rings (SSSR count). The minimum atomic E-state index is -1.20. The normalized spacial score (nSPS) is 13.7. The number of benzene rings is 1. The Morgan fingerprint density at radius 2 is 1.77 bits per heavy atom. The molecule has 0 saturated heterocycles. The van der Waals surface area contributed by atoms with Crippen LogP contribution in [-0.4, -0.2) is 39.3 Å². The van der Waals surface area contributed by atoms with Crippen molar-refractivity contribution in [2.45, 2.75) is 39.3 Å². The highest BCUT2D eigenvalue weighted by atomic mass is 16.4. The molecule has 0 aliphatic carbocycles. The second-order valence-corrected chi connectivity index (χ2v) is 5.63. The van der Waals surface area contributed by atoms with Gasteiger partial charge < -0.3 is 21.1 Å².